The molecule has 1 amide bonds. The van der Waals surface area contributed by atoms with Gasteiger partial charge < -0.3 is 15.6 Å². The van der Waals surface area contributed by atoms with Crippen LogP contribution in [-0.2, 0) is 0 Å². The lowest BCUT2D eigenvalue weighted by Gasteiger charge is -2.13. The van der Waals surface area contributed by atoms with Gasteiger partial charge in [0.25, 0.3) is 5.91 Å². The fourth-order valence-corrected chi connectivity index (χ4v) is 1.89. The molecule has 0 aliphatic carbocycles. The number of nitrogens with two attached hydrogens (primary N) is 1. The van der Waals surface area contributed by atoms with Gasteiger partial charge in [-0.25, -0.2) is 8.78 Å². The Morgan fingerprint density at radius 1 is 1.30 bits per heavy atom. The second-order valence-corrected chi connectivity index (χ2v) is 4.74. The molecule has 0 unspecified atom stereocenters. The number of aromatic nitrogens is 1. The molecule has 0 saturated heterocycles. The van der Waals surface area contributed by atoms with Crippen molar-refractivity contribution in [2.45, 2.75) is 19.9 Å². The van der Waals surface area contributed by atoms with Gasteiger partial charge in [0.2, 0.25) is 0 Å². The molecule has 20 heavy (non-hydrogen) atoms. The van der Waals surface area contributed by atoms with E-state index < -0.39 is 17.5 Å². The number of benzene rings is 1. The lowest BCUT2D eigenvalue weighted by atomic mass is 10.2. The first-order valence-corrected chi connectivity index (χ1v) is 6.12. The predicted molar refractivity (Wildman–Crippen MR) is 73.5 cm³/mol. The molecule has 1 aromatic carbocycles. The third kappa shape index (κ3) is 2.79. The summed E-state index contributed by atoms with van der Waals surface area (Å²) in [7, 11) is 0. The van der Waals surface area contributed by atoms with Crippen LogP contribution in [0.2, 0.25) is 0 Å². The molecule has 1 aromatic heterocycles. The van der Waals surface area contributed by atoms with E-state index in [0.29, 0.717) is 17.4 Å². The molecule has 0 spiro atoms. The summed E-state index contributed by atoms with van der Waals surface area (Å²) in [6.45, 7) is 3.80. The fraction of sp³-hybridized carbons (Fsp3) is 0.214. The van der Waals surface area contributed by atoms with Crippen LogP contribution in [0, 0.1) is 11.6 Å². The quantitative estimate of drug-likeness (QED) is 0.906. The van der Waals surface area contributed by atoms with Crippen molar-refractivity contribution >= 4 is 17.3 Å². The molecule has 0 saturated carbocycles. The fourth-order valence-electron chi connectivity index (χ4n) is 1.89. The molecule has 6 heteroatoms. The van der Waals surface area contributed by atoms with Gasteiger partial charge in [-0.05, 0) is 32.0 Å². The Hall–Kier alpha value is -2.37. The minimum atomic E-state index is -0.825. The molecule has 0 atom stereocenters. The summed E-state index contributed by atoms with van der Waals surface area (Å²) in [6.07, 6.45) is 1.64. The number of anilines is 2. The van der Waals surface area contributed by atoms with Crippen LogP contribution in [-0.4, -0.2) is 10.5 Å². The van der Waals surface area contributed by atoms with E-state index in [0.717, 1.165) is 6.07 Å². The van der Waals surface area contributed by atoms with Crippen molar-refractivity contribution in [2.24, 2.45) is 0 Å². The van der Waals surface area contributed by atoms with Gasteiger partial charge in [-0.3, -0.25) is 4.79 Å². The Balaban J connectivity index is 2.28. The topological polar surface area (TPSA) is 60.0 Å². The third-order valence-corrected chi connectivity index (χ3v) is 2.84. The number of carbonyl (C=O) groups is 1. The van der Waals surface area contributed by atoms with Crippen LogP contribution in [0.5, 0.6) is 0 Å². The molecule has 4 nitrogen and oxygen atoms in total. The second-order valence-electron chi connectivity index (χ2n) is 4.74. The average molecular weight is 279 g/mol. The number of hydrogen-bond donors (Lipinski definition) is 2. The highest BCUT2D eigenvalue weighted by atomic mass is 19.1. The van der Waals surface area contributed by atoms with Gasteiger partial charge in [0.05, 0.1) is 11.4 Å². The highest BCUT2D eigenvalue weighted by molar-refractivity contribution is 6.03. The number of amides is 1. The second kappa shape index (κ2) is 5.32. The van der Waals surface area contributed by atoms with Gasteiger partial charge in [-0.2, -0.15) is 0 Å². The molecule has 1 heterocycles. The van der Waals surface area contributed by atoms with Gasteiger partial charge in [-0.1, -0.05) is 0 Å². The molecule has 0 fully saturated rings. The molecule has 0 bridgehead atoms. The summed E-state index contributed by atoms with van der Waals surface area (Å²) in [5.41, 5.74) is 6.36. The zero-order valence-electron chi connectivity index (χ0n) is 11.2. The number of nitrogens with zero attached hydrogens (tertiary/aromatic N) is 1. The molecule has 0 aliphatic heterocycles. The summed E-state index contributed by atoms with van der Waals surface area (Å²) in [5.74, 6) is -2.02. The molecule has 0 radical (unpaired) electrons. The maximum absolute atomic E-state index is 13.5. The van der Waals surface area contributed by atoms with Crippen LogP contribution in [0.3, 0.4) is 0 Å². The SMILES string of the molecule is CC(C)n1cc(N)cc1C(=O)Nc1ccc(F)cc1F. The van der Waals surface area contributed by atoms with E-state index in [9.17, 15) is 13.6 Å². The third-order valence-electron chi connectivity index (χ3n) is 2.84. The number of halogens is 2. The Labute approximate surface area is 115 Å². The van der Waals surface area contributed by atoms with Crippen molar-refractivity contribution in [1.82, 2.24) is 4.57 Å². The van der Waals surface area contributed by atoms with Gasteiger partial charge >= 0.3 is 0 Å². The lowest BCUT2D eigenvalue weighted by Crippen LogP contribution is -2.18. The minimum absolute atomic E-state index is 0.0334. The number of nitrogens with one attached hydrogen (secondary N) is 1. The van der Waals surface area contributed by atoms with E-state index in [1.54, 1.807) is 10.8 Å². The first-order valence-electron chi connectivity index (χ1n) is 6.12. The van der Waals surface area contributed by atoms with Gasteiger partial charge in [0.1, 0.15) is 17.3 Å². The largest absolute Gasteiger partial charge is 0.397 e. The Kier molecular flexibility index (Phi) is 3.74. The van der Waals surface area contributed by atoms with Crippen LogP contribution >= 0.6 is 0 Å². The number of hydrogen-bond acceptors (Lipinski definition) is 2. The van der Waals surface area contributed by atoms with E-state index in [-0.39, 0.29) is 11.7 Å². The zero-order chi connectivity index (χ0) is 14.9. The number of nitrogen functional groups attached to an aromatic ring is 1. The van der Waals surface area contributed by atoms with Crippen molar-refractivity contribution < 1.29 is 13.6 Å². The number of rotatable bonds is 3. The lowest BCUT2D eigenvalue weighted by molar-refractivity contribution is 0.101. The average Bonchev–Trinajstić information content (AvgIpc) is 2.75. The van der Waals surface area contributed by atoms with Gasteiger partial charge in [0, 0.05) is 18.3 Å². The zero-order valence-corrected chi connectivity index (χ0v) is 11.2. The minimum Gasteiger partial charge on any atom is -0.397 e. The summed E-state index contributed by atoms with van der Waals surface area (Å²) < 4.78 is 28.0. The Morgan fingerprint density at radius 3 is 2.60 bits per heavy atom. The molecular formula is C14H15F2N3O. The number of carbonyl (C=O) groups excluding carboxylic acids is 1. The molecule has 106 valence electrons. The van der Waals surface area contributed by atoms with Crippen molar-refractivity contribution in [3.8, 4) is 0 Å². The van der Waals surface area contributed by atoms with Crippen molar-refractivity contribution in [3.63, 3.8) is 0 Å². The van der Waals surface area contributed by atoms with Gasteiger partial charge in [-0.15, -0.1) is 0 Å². The van der Waals surface area contributed by atoms with Gasteiger partial charge in [0.15, 0.2) is 0 Å². The molecule has 2 rings (SSSR count). The summed E-state index contributed by atoms with van der Waals surface area (Å²) in [4.78, 5) is 12.1. The van der Waals surface area contributed by atoms with Crippen LogP contribution in [0.25, 0.3) is 0 Å². The predicted octanol–water partition coefficient (Wildman–Crippen LogP) is 3.18. The van der Waals surface area contributed by atoms with E-state index in [4.69, 9.17) is 5.73 Å². The molecule has 0 aliphatic rings. The molecule has 3 N–H and O–H groups in total. The van der Waals surface area contributed by atoms with Crippen molar-refractivity contribution in [2.75, 3.05) is 11.1 Å². The first-order chi connectivity index (χ1) is 9.38. The van der Waals surface area contributed by atoms with E-state index >= 15 is 0 Å². The normalized spacial score (nSPS) is 10.8. The Morgan fingerprint density at radius 2 is 2.00 bits per heavy atom. The summed E-state index contributed by atoms with van der Waals surface area (Å²) >= 11 is 0. The smallest absolute Gasteiger partial charge is 0.272 e. The first kappa shape index (κ1) is 14.0. The van der Waals surface area contributed by atoms with Crippen LogP contribution in [0.4, 0.5) is 20.2 Å². The standard InChI is InChI=1S/C14H15F2N3O/c1-8(2)19-7-10(17)6-13(19)14(20)18-12-4-3-9(15)5-11(12)16/h3-8H,17H2,1-2H3,(H,18,20). The summed E-state index contributed by atoms with van der Waals surface area (Å²) in [5, 5.41) is 2.41. The molecule has 2 aromatic rings. The maximum Gasteiger partial charge on any atom is 0.272 e. The van der Waals surface area contributed by atoms with E-state index in [2.05, 4.69) is 5.32 Å². The molecular weight excluding hydrogens is 264 g/mol. The van der Waals surface area contributed by atoms with Crippen molar-refractivity contribution in [1.29, 1.82) is 0 Å². The highest BCUT2D eigenvalue weighted by Crippen LogP contribution is 2.20. The summed E-state index contributed by atoms with van der Waals surface area (Å²) in [6, 6.07) is 4.51. The Bertz CT molecular complexity index is 650. The monoisotopic (exact) mass is 279 g/mol. The van der Waals surface area contributed by atoms with Crippen LogP contribution in [0.1, 0.15) is 30.4 Å². The van der Waals surface area contributed by atoms with Crippen LogP contribution < -0.4 is 11.1 Å². The highest BCUT2D eigenvalue weighted by Gasteiger charge is 2.16. The van der Waals surface area contributed by atoms with Crippen molar-refractivity contribution in [3.05, 3.63) is 47.8 Å². The maximum atomic E-state index is 13.5. The van der Waals surface area contributed by atoms with E-state index in [1.807, 2.05) is 13.8 Å². The van der Waals surface area contributed by atoms with Crippen LogP contribution in [0.15, 0.2) is 30.5 Å². The van der Waals surface area contributed by atoms with E-state index in [1.165, 1.54) is 12.1 Å².